The summed E-state index contributed by atoms with van der Waals surface area (Å²) in [5, 5.41) is 2.32. The zero-order valence-corrected chi connectivity index (χ0v) is 20.1. The molecule has 1 aromatic carbocycles. The van der Waals surface area contributed by atoms with Crippen molar-refractivity contribution < 1.29 is 33.0 Å². The smallest absolute Gasteiger partial charge is 0.341 e. The van der Waals surface area contributed by atoms with E-state index >= 15 is 0 Å². The van der Waals surface area contributed by atoms with Crippen molar-refractivity contribution in [3.63, 3.8) is 0 Å². The molecule has 0 aliphatic carbocycles. The van der Waals surface area contributed by atoms with Crippen LogP contribution in [0, 0.1) is 6.92 Å². The van der Waals surface area contributed by atoms with Gasteiger partial charge in [0.25, 0.3) is 5.91 Å². The molecule has 2 rings (SSSR count). The van der Waals surface area contributed by atoms with Crippen LogP contribution in [-0.4, -0.2) is 35.6 Å². The number of rotatable bonds is 9. The fraction of sp³-hybridized carbons (Fsp3) is 0.500. The lowest BCUT2D eigenvalue weighted by atomic mass is 9.93. The van der Waals surface area contributed by atoms with E-state index in [0.29, 0.717) is 28.9 Å². The number of carbonyl (C=O) groups is 3. The number of allylic oxidation sites excluding steroid dienone is 2. The molecule has 1 aliphatic rings. The third-order valence-electron chi connectivity index (χ3n) is 4.92. The molecule has 1 aromatic rings. The number of nitrogens with one attached hydrogen (secondary N) is 1. The van der Waals surface area contributed by atoms with Crippen molar-refractivity contribution in [1.29, 1.82) is 0 Å². The number of hydrogen-bond acceptors (Lipinski definition) is 6. The van der Waals surface area contributed by atoms with E-state index in [0.717, 1.165) is 5.57 Å². The molecule has 0 saturated heterocycles. The van der Waals surface area contributed by atoms with Crippen molar-refractivity contribution in [3.8, 4) is 5.75 Å². The first kappa shape index (κ1) is 25.9. The van der Waals surface area contributed by atoms with Crippen LogP contribution in [0.25, 0.3) is 0 Å². The Labute approximate surface area is 196 Å². The number of halogens is 3. The maximum absolute atomic E-state index is 13.8. The number of anilines is 1. The zero-order valence-electron chi connectivity index (χ0n) is 18.6. The van der Waals surface area contributed by atoms with Gasteiger partial charge in [0.15, 0.2) is 0 Å². The molecule has 0 saturated carbocycles. The number of amides is 1. The van der Waals surface area contributed by atoms with Crippen LogP contribution < -0.4 is 10.1 Å². The zero-order chi connectivity index (χ0) is 24.2. The summed E-state index contributed by atoms with van der Waals surface area (Å²) in [6.45, 7) is 7.14. The quantitative estimate of drug-likeness (QED) is 0.300. The van der Waals surface area contributed by atoms with Crippen molar-refractivity contribution in [1.82, 2.24) is 0 Å². The Morgan fingerprint density at radius 3 is 2.53 bits per heavy atom. The van der Waals surface area contributed by atoms with Gasteiger partial charge in [-0.2, -0.15) is 4.39 Å². The van der Waals surface area contributed by atoms with E-state index in [4.69, 9.17) is 37.4 Å². The Morgan fingerprint density at radius 1 is 1.31 bits per heavy atom. The Bertz CT molecular complexity index is 953. The summed E-state index contributed by atoms with van der Waals surface area (Å²) in [6.07, 6.45) is 2.52. The highest BCUT2D eigenvalue weighted by Gasteiger charge is 2.38. The summed E-state index contributed by atoms with van der Waals surface area (Å²) in [5.74, 6) is -1.90. The molecular weight excluding hydrogens is 464 g/mol. The molecule has 0 spiro atoms. The number of carbonyl (C=O) groups excluding carboxylic acids is 3. The van der Waals surface area contributed by atoms with Gasteiger partial charge in [-0.05, 0) is 46.1 Å². The molecule has 1 aliphatic heterocycles. The molecule has 0 atom stereocenters. The van der Waals surface area contributed by atoms with Crippen molar-refractivity contribution in [3.05, 3.63) is 33.9 Å². The number of hydrogen-bond donors (Lipinski definition) is 1. The van der Waals surface area contributed by atoms with Gasteiger partial charge in [0, 0.05) is 17.5 Å². The van der Waals surface area contributed by atoms with Crippen LogP contribution >= 0.6 is 23.2 Å². The largest absolute Gasteiger partial charge is 0.496 e. The van der Waals surface area contributed by atoms with Gasteiger partial charge in [0.05, 0.1) is 24.5 Å². The third kappa shape index (κ3) is 6.13. The molecule has 32 heavy (non-hydrogen) atoms. The number of benzene rings is 1. The summed E-state index contributed by atoms with van der Waals surface area (Å²) in [5.41, 5.74) is 2.63. The lowest BCUT2D eigenvalue weighted by Crippen LogP contribution is -2.29. The second kappa shape index (κ2) is 10.5. The maximum Gasteiger partial charge on any atom is 0.341 e. The van der Waals surface area contributed by atoms with Crippen LogP contribution in [0.2, 0.25) is 0 Å². The lowest BCUT2D eigenvalue weighted by molar-refractivity contribution is -0.147. The van der Waals surface area contributed by atoms with Gasteiger partial charge >= 0.3 is 16.5 Å². The minimum atomic E-state index is -3.20. The van der Waals surface area contributed by atoms with Crippen LogP contribution in [0.15, 0.2) is 11.6 Å². The van der Waals surface area contributed by atoms with Gasteiger partial charge in [-0.25, -0.2) is 4.79 Å². The first-order chi connectivity index (χ1) is 14.9. The molecule has 0 radical (unpaired) electrons. The summed E-state index contributed by atoms with van der Waals surface area (Å²) in [6, 6.07) is 0. The number of alkyl halides is 3. The van der Waals surface area contributed by atoms with E-state index in [1.54, 1.807) is 20.8 Å². The molecule has 1 N–H and O–H groups in total. The molecular formula is C22H26Cl2FNO6. The molecule has 0 fully saturated rings. The van der Waals surface area contributed by atoms with Gasteiger partial charge < -0.3 is 19.5 Å². The van der Waals surface area contributed by atoms with Crippen LogP contribution in [0.3, 0.4) is 0 Å². The van der Waals surface area contributed by atoms with E-state index < -0.39 is 16.5 Å². The summed E-state index contributed by atoms with van der Waals surface area (Å²) >= 11 is 10.6. The molecule has 0 bridgehead atoms. The monoisotopic (exact) mass is 489 g/mol. The fourth-order valence-corrected chi connectivity index (χ4v) is 3.47. The van der Waals surface area contributed by atoms with Gasteiger partial charge in [0.1, 0.15) is 12.4 Å². The number of methoxy groups -OCH3 is 1. The van der Waals surface area contributed by atoms with Gasteiger partial charge in [-0.3, -0.25) is 9.59 Å². The van der Waals surface area contributed by atoms with Crippen molar-refractivity contribution in [2.45, 2.75) is 64.3 Å². The second-order valence-electron chi connectivity index (χ2n) is 7.69. The highest BCUT2D eigenvalue weighted by molar-refractivity contribution is 6.57. The SMILES string of the molecule is COc1c(C)c2c(c(NC(=O)C(F)(Cl)Cl)c1C/C=C(\C)CCC(=O)OC(C)C)C(=O)OC2. The number of cyclic esters (lactones) is 1. The number of esters is 2. The van der Waals surface area contributed by atoms with Crippen LogP contribution in [-0.2, 0) is 32.1 Å². The van der Waals surface area contributed by atoms with Gasteiger partial charge in [-0.15, -0.1) is 0 Å². The van der Waals surface area contributed by atoms with Gasteiger partial charge in [-0.1, -0.05) is 34.9 Å². The molecule has 0 aromatic heterocycles. The minimum absolute atomic E-state index is 0.00510. The molecule has 0 unspecified atom stereocenters. The van der Waals surface area contributed by atoms with Crippen LogP contribution in [0.4, 0.5) is 10.1 Å². The average molecular weight is 490 g/mol. The van der Waals surface area contributed by atoms with E-state index in [1.165, 1.54) is 7.11 Å². The third-order valence-corrected chi connectivity index (χ3v) is 5.26. The second-order valence-corrected chi connectivity index (χ2v) is 8.92. The standard InChI is InChI=1S/C22H26Cl2FNO6/c1-11(2)32-16(27)9-7-12(3)6-8-14-18(26-21(29)22(23,24)25)17-15(10-31-20(17)28)13(4)19(14)30-5/h6,11H,7-10H2,1-5H3,(H,26,29)/b12-6+. The van der Waals surface area contributed by atoms with E-state index in [9.17, 15) is 18.8 Å². The topological polar surface area (TPSA) is 90.9 Å². The van der Waals surface area contributed by atoms with Crippen molar-refractivity contribution in [2.24, 2.45) is 0 Å². The fourth-order valence-electron chi connectivity index (χ4n) is 3.37. The Balaban J connectivity index is 2.43. The predicted octanol–water partition coefficient (Wildman–Crippen LogP) is 4.93. The summed E-state index contributed by atoms with van der Waals surface area (Å²) < 4.78 is 26.4. The van der Waals surface area contributed by atoms with Crippen molar-refractivity contribution >= 4 is 46.7 Å². The highest BCUT2D eigenvalue weighted by atomic mass is 35.5. The van der Waals surface area contributed by atoms with Crippen molar-refractivity contribution in [2.75, 3.05) is 12.4 Å². The molecule has 10 heteroatoms. The number of fused-ring (bicyclic) bond motifs is 1. The highest BCUT2D eigenvalue weighted by Crippen LogP contribution is 2.42. The summed E-state index contributed by atoms with van der Waals surface area (Å²) in [7, 11) is 1.45. The predicted molar refractivity (Wildman–Crippen MR) is 119 cm³/mol. The molecule has 7 nitrogen and oxygen atoms in total. The van der Waals surface area contributed by atoms with E-state index in [2.05, 4.69) is 5.32 Å². The minimum Gasteiger partial charge on any atom is -0.496 e. The molecule has 1 heterocycles. The van der Waals surface area contributed by atoms with E-state index in [1.807, 2.05) is 13.0 Å². The Kier molecular flexibility index (Phi) is 8.54. The van der Waals surface area contributed by atoms with E-state index in [-0.39, 0.29) is 42.8 Å². The first-order valence-electron chi connectivity index (χ1n) is 9.99. The first-order valence-corrected chi connectivity index (χ1v) is 10.7. The Morgan fingerprint density at radius 2 is 1.97 bits per heavy atom. The Hall–Kier alpha value is -2.32. The lowest BCUT2D eigenvalue weighted by Gasteiger charge is -2.20. The summed E-state index contributed by atoms with van der Waals surface area (Å²) in [4.78, 5) is 36.3. The van der Waals surface area contributed by atoms with Crippen LogP contribution in [0.5, 0.6) is 5.75 Å². The van der Waals surface area contributed by atoms with Crippen LogP contribution in [0.1, 0.15) is 60.7 Å². The maximum atomic E-state index is 13.8. The van der Waals surface area contributed by atoms with Gasteiger partial charge in [0.2, 0.25) is 0 Å². The molecule has 1 amide bonds. The molecule has 176 valence electrons. The average Bonchev–Trinajstić information content (AvgIpc) is 3.07. The normalized spacial score (nSPS) is 13.7. The number of ether oxygens (including phenoxy) is 3.